The van der Waals surface area contributed by atoms with Crippen LogP contribution in [0.1, 0.15) is 13.8 Å². The van der Waals surface area contributed by atoms with E-state index in [9.17, 15) is 8.42 Å². The summed E-state index contributed by atoms with van der Waals surface area (Å²) in [6.07, 6.45) is 1.58. The monoisotopic (exact) mass is 309 g/mol. The van der Waals surface area contributed by atoms with Crippen LogP contribution in [-0.2, 0) is 10.0 Å². The fourth-order valence-electron chi connectivity index (χ4n) is 1.42. The van der Waals surface area contributed by atoms with E-state index >= 15 is 0 Å². The molecule has 100 valence electrons. The number of nitrogens with one attached hydrogen (secondary N) is 1. The fraction of sp³-hybridized carbons (Fsp3) is 0.444. The molecule has 0 atom stereocenters. The quantitative estimate of drug-likeness (QED) is 0.886. The molecule has 2 heterocycles. The van der Waals surface area contributed by atoms with Gasteiger partial charge in [0.25, 0.3) is 10.0 Å². The minimum Gasteiger partial charge on any atom is -0.394 e. The van der Waals surface area contributed by atoms with E-state index in [4.69, 9.17) is 16.7 Å². The molecule has 0 aromatic carbocycles. The highest BCUT2D eigenvalue weighted by molar-refractivity contribution is 7.89. The molecule has 2 aromatic heterocycles. The zero-order valence-electron chi connectivity index (χ0n) is 9.71. The molecule has 2 aromatic rings. The summed E-state index contributed by atoms with van der Waals surface area (Å²) in [6, 6.07) is 0. The number of aliphatic hydroxyl groups is 1. The Hall–Kier alpha value is -0.670. The van der Waals surface area contributed by atoms with Crippen LogP contribution in [0.4, 0.5) is 0 Å². The normalized spacial score (nSPS) is 13.3. The van der Waals surface area contributed by atoms with Crippen molar-refractivity contribution in [2.24, 2.45) is 0 Å². The lowest BCUT2D eigenvalue weighted by atomic mass is 10.1. The first kappa shape index (κ1) is 13.8. The van der Waals surface area contributed by atoms with Gasteiger partial charge in [-0.05, 0) is 13.8 Å². The smallest absolute Gasteiger partial charge is 0.260 e. The molecule has 6 nitrogen and oxygen atoms in total. The van der Waals surface area contributed by atoms with Crippen LogP contribution in [0.3, 0.4) is 0 Å². The standard InChI is InChI=1S/C9H12ClN3O3S2/c1-9(2,5-14)12-18(15,16)7-6(10)11-8-13(7)3-4-17-8/h3-4,12,14H,5H2,1-2H3. The molecule has 9 heteroatoms. The third-order valence-corrected chi connectivity index (χ3v) is 5.09. The molecule has 0 amide bonds. The maximum Gasteiger partial charge on any atom is 0.260 e. The van der Waals surface area contributed by atoms with Crippen molar-refractivity contribution in [2.75, 3.05) is 6.61 Å². The molecule has 0 saturated heterocycles. The molecule has 0 saturated carbocycles. The van der Waals surface area contributed by atoms with Crippen molar-refractivity contribution in [3.8, 4) is 0 Å². The van der Waals surface area contributed by atoms with E-state index in [1.807, 2.05) is 0 Å². The third-order valence-electron chi connectivity index (χ3n) is 2.24. The fourth-order valence-corrected chi connectivity index (χ4v) is 4.28. The van der Waals surface area contributed by atoms with Gasteiger partial charge in [0.2, 0.25) is 0 Å². The third kappa shape index (κ3) is 2.39. The van der Waals surface area contributed by atoms with Crippen LogP contribution in [0.5, 0.6) is 0 Å². The molecule has 2 N–H and O–H groups in total. The van der Waals surface area contributed by atoms with Gasteiger partial charge >= 0.3 is 0 Å². The summed E-state index contributed by atoms with van der Waals surface area (Å²) in [4.78, 5) is 4.46. The second-order valence-corrected chi connectivity index (χ2v) is 7.24. The molecule has 0 bridgehead atoms. The second-order valence-electron chi connectivity index (χ2n) is 4.41. The lowest BCUT2D eigenvalue weighted by molar-refractivity contribution is 0.208. The summed E-state index contributed by atoms with van der Waals surface area (Å²) >= 11 is 7.15. The minimum absolute atomic E-state index is 0.0805. The van der Waals surface area contributed by atoms with Gasteiger partial charge in [-0.2, -0.15) is 0 Å². The van der Waals surface area contributed by atoms with Crippen molar-refractivity contribution in [1.29, 1.82) is 0 Å². The van der Waals surface area contributed by atoms with Gasteiger partial charge in [0, 0.05) is 11.6 Å². The number of thiazole rings is 1. The molecule has 0 aliphatic rings. The van der Waals surface area contributed by atoms with Crippen molar-refractivity contribution in [1.82, 2.24) is 14.1 Å². The molecular formula is C9H12ClN3O3S2. The van der Waals surface area contributed by atoms with Gasteiger partial charge in [0.1, 0.15) is 0 Å². The lowest BCUT2D eigenvalue weighted by Crippen LogP contribution is -2.46. The number of nitrogens with zero attached hydrogens (tertiary/aromatic N) is 2. The minimum atomic E-state index is -3.85. The summed E-state index contributed by atoms with van der Waals surface area (Å²) in [5.74, 6) is 0. The van der Waals surface area contributed by atoms with E-state index in [0.29, 0.717) is 4.96 Å². The van der Waals surface area contributed by atoms with E-state index in [1.54, 1.807) is 25.4 Å². The highest BCUT2D eigenvalue weighted by atomic mass is 35.5. The molecular weight excluding hydrogens is 298 g/mol. The first-order chi connectivity index (χ1) is 8.27. The number of halogens is 1. The van der Waals surface area contributed by atoms with Crippen molar-refractivity contribution < 1.29 is 13.5 Å². The van der Waals surface area contributed by atoms with Gasteiger partial charge in [-0.15, -0.1) is 11.3 Å². The van der Waals surface area contributed by atoms with E-state index in [1.165, 1.54) is 15.7 Å². The first-order valence-corrected chi connectivity index (χ1v) is 7.77. The average Bonchev–Trinajstić information content (AvgIpc) is 2.74. The number of hydrogen-bond donors (Lipinski definition) is 2. The Morgan fingerprint density at radius 3 is 2.89 bits per heavy atom. The largest absolute Gasteiger partial charge is 0.394 e. The van der Waals surface area contributed by atoms with Gasteiger partial charge in [-0.25, -0.2) is 18.1 Å². The van der Waals surface area contributed by atoms with Crippen LogP contribution < -0.4 is 4.72 Å². The molecule has 0 aliphatic heterocycles. The van der Waals surface area contributed by atoms with Crippen molar-refractivity contribution in [2.45, 2.75) is 24.4 Å². The first-order valence-electron chi connectivity index (χ1n) is 5.03. The Kier molecular flexibility index (Phi) is 3.41. The topological polar surface area (TPSA) is 83.7 Å². The highest BCUT2D eigenvalue weighted by Gasteiger charge is 2.30. The molecule has 2 rings (SSSR count). The van der Waals surface area contributed by atoms with Crippen molar-refractivity contribution in [3.05, 3.63) is 16.7 Å². The maximum absolute atomic E-state index is 12.2. The van der Waals surface area contributed by atoms with Crippen LogP contribution in [0, 0.1) is 0 Å². The van der Waals surface area contributed by atoms with Crippen LogP contribution in [0.15, 0.2) is 16.6 Å². The van der Waals surface area contributed by atoms with Crippen molar-refractivity contribution in [3.63, 3.8) is 0 Å². The van der Waals surface area contributed by atoms with Gasteiger partial charge in [0.15, 0.2) is 15.1 Å². The molecule has 0 spiro atoms. The number of aliphatic hydroxyl groups excluding tert-OH is 1. The Bertz CT molecular complexity index is 674. The highest BCUT2D eigenvalue weighted by Crippen LogP contribution is 2.26. The average molecular weight is 310 g/mol. The van der Waals surface area contributed by atoms with Crippen LogP contribution >= 0.6 is 22.9 Å². The summed E-state index contributed by atoms with van der Waals surface area (Å²) in [7, 11) is -3.85. The number of aromatic nitrogens is 2. The SMILES string of the molecule is CC(C)(CO)NS(=O)(=O)c1c(Cl)nc2sccn12. The number of rotatable bonds is 4. The Balaban J connectivity index is 2.53. The molecule has 0 radical (unpaired) electrons. The predicted octanol–water partition coefficient (Wildman–Crippen LogP) is 1.10. The number of sulfonamides is 1. The van der Waals surface area contributed by atoms with Gasteiger partial charge in [0.05, 0.1) is 12.1 Å². The van der Waals surface area contributed by atoms with Gasteiger partial charge in [-0.3, -0.25) is 4.40 Å². The summed E-state index contributed by atoms with van der Waals surface area (Å²) in [6.45, 7) is 2.82. The molecule has 0 fully saturated rings. The number of hydrogen-bond acceptors (Lipinski definition) is 5. The Morgan fingerprint density at radius 2 is 2.28 bits per heavy atom. The van der Waals surface area contributed by atoms with E-state index in [-0.39, 0.29) is 16.8 Å². The van der Waals surface area contributed by atoms with Crippen molar-refractivity contribution >= 4 is 37.9 Å². The van der Waals surface area contributed by atoms with E-state index in [2.05, 4.69) is 9.71 Å². The molecule has 18 heavy (non-hydrogen) atoms. The van der Waals surface area contributed by atoms with Crippen LogP contribution in [0.25, 0.3) is 4.96 Å². The van der Waals surface area contributed by atoms with E-state index < -0.39 is 15.6 Å². The zero-order chi connectivity index (χ0) is 13.6. The molecule has 0 unspecified atom stereocenters. The summed E-state index contributed by atoms with van der Waals surface area (Å²) < 4.78 is 28.3. The lowest BCUT2D eigenvalue weighted by Gasteiger charge is -2.22. The zero-order valence-corrected chi connectivity index (χ0v) is 12.1. The Morgan fingerprint density at radius 1 is 1.61 bits per heavy atom. The van der Waals surface area contributed by atoms with Crippen LogP contribution in [0.2, 0.25) is 5.15 Å². The van der Waals surface area contributed by atoms with Gasteiger partial charge < -0.3 is 5.11 Å². The number of imidazole rings is 1. The molecule has 0 aliphatic carbocycles. The maximum atomic E-state index is 12.2. The summed E-state index contributed by atoms with van der Waals surface area (Å²) in [5, 5.41) is 10.6. The summed E-state index contributed by atoms with van der Waals surface area (Å²) in [5.41, 5.74) is -0.970. The predicted molar refractivity (Wildman–Crippen MR) is 69.6 cm³/mol. The number of fused-ring (bicyclic) bond motifs is 1. The van der Waals surface area contributed by atoms with Crippen LogP contribution in [-0.4, -0.2) is 35.1 Å². The van der Waals surface area contributed by atoms with Gasteiger partial charge in [-0.1, -0.05) is 11.6 Å². The second kappa shape index (κ2) is 4.46. The Labute approximate surface area is 113 Å². The van der Waals surface area contributed by atoms with E-state index in [0.717, 1.165) is 0 Å².